The molecule has 3 aromatic rings. The molecule has 1 aliphatic rings. The zero-order valence-electron chi connectivity index (χ0n) is 17.1. The predicted molar refractivity (Wildman–Crippen MR) is 111 cm³/mol. The van der Waals surface area contributed by atoms with E-state index in [1.54, 1.807) is 31.2 Å². The van der Waals surface area contributed by atoms with Crippen molar-refractivity contribution in [2.75, 3.05) is 13.2 Å². The van der Waals surface area contributed by atoms with Gasteiger partial charge in [-0.3, -0.25) is 9.59 Å². The van der Waals surface area contributed by atoms with Gasteiger partial charge in [-0.15, -0.1) is 0 Å². The van der Waals surface area contributed by atoms with Crippen molar-refractivity contribution in [3.05, 3.63) is 57.8 Å². The third-order valence-corrected chi connectivity index (χ3v) is 5.10. The van der Waals surface area contributed by atoms with Gasteiger partial charge in [0.15, 0.2) is 22.9 Å². The second-order valence-electron chi connectivity index (χ2n) is 7.16. The van der Waals surface area contributed by atoms with E-state index < -0.39 is 0 Å². The van der Waals surface area contributed by atoms with Gasteiger partial charge in [0.2, 0.25) is 0 Å². The Hall–Kier alpha value is -3.59. The second kappa shape index (κ2) is 7.68. The van der Waals surface area contributed by atoms with Gasteiger partial charge in [0.05, 0.1) is 29.7 Å². The Bertz CT molecular complexity index is 1230. The monoisotopic (exact) mass is 403 g/mol. The Morgan fingerprint density at radius 1 is 0.933 bits per heavy atom. The highest BCUT2D eigenvalue weighted by Crippen LogP contribution is 2.48. The van der Waals surface area contributed by atoms with Gasteiger partial charge in [-0.25, -0.2) is 0 Å². The molecule has 0 fully saturated rings. The number of benzene rings is 2. The van der Waals surface area contributed by atoms with Crippen LogP contribution >= 0.6 is 0 Å². The summed E-state index contributed by atoms with van der Waals surface area (Å²) in [7, 11) is 0. The number of hydrogen-bond acceptors (Lipinski definition) is 6. The highest BCUT2D eigenvalue weighted by molar-refractivity contribution is 6.32. The average molecular weight is 403 g/mol. The lowest BCUT2D eigenvalue weighted by Gasteiger charge is -2.23. The standard InChI is InChI=1S/C24H21NO5/c1-4-10-28-22-17-16(12-25)13(3)30-24(17)23(29-11-5-2)19-18(22)20(26)14-8-6-7-9-15(14)21(19)27/h6-9H,4-5,10-11H2,1-3H3. The van der Waals surface area contributed by atoms with E-state index in [-0.39, 0.29) is 45.3 Å². The normalized spacial score (nSPS) is 12.5. The summed E-state index contributed by atoms with van der Waals surface area (Å²) in [6.45, 7) is 6.22. The number of fused-ring (bicyclic) bond motifs is 3. The number of carbonyl (C=O) groups excluding carboxylic acids is 2. The number of ether oxygens (including phenoxy) is 2. The molecule has 1 heterocycles. The van der Waals surface area contributed by atoms with Crippen LogP contribution in [0.3, 0.4) is 0 Å². The maximum atomic E-state index is 13.5. The molecule has 0 aliphatic heterocycles. The minimum Gasteiger partial charge on any atom is -0.492 e. The summed E-state index contributed by atoms with van der Waals surface area (Å²) in [5, 5.41) is 10.1. The molecule has 0 spiro atoms. The number of nitriles is 1. The number of aryl methyl sites for hydroxylation is 1. The number of nitrogens with zero attached hydrogens (tertiary/aromatic N) is 1. The lowest BCUT2D eigenvalue weighted by Crippen LogP contribution is -2.23. The minimum absolute atomic E-state index is 0.142. The van der Waals surface area contributed by atoms with Crippen molar-refractivity contribution >= 4 is 22.5 Å². The smallest absolute Gasteiger partial charge is 0.198 e. The summed E-state index contributed by atoms with van der Waals surface area (Å²) >= 11 is 0. The zero-order valence-corrected chi connectivity index (χ0v) is 17.1. The summed E-state index contributed by atoms with van der Waals surface area (Å²) in [6, 6.07) is 8.85. The molecule has 0 radical (unpaired) electrons. The maximum absolute atomic E-state index is 13.5. The fourth-order valence-corrected chi connectivity index (χ4v) is 3.79. The van der Waals surface area contributed by atoms with Gasteiger partial charge in [0.1, 0.15) is 23.1 Å². The van der Waals surface area contributed by atoms with Crippen LogP contribution in [0.25, 0.3) is 11.0 Å². The summed E-state index contributed by atoms with van der Waals surface area (Å²) in [5.74, 6) is 0.157. The Morgan fingerprint density at radius 2 is 1.47 bits per heavy atom. The summed E-state index contributed by atoms with van der Waals surface area (Å²) < 4.78 is 17.8. The molecule has 6 heteroatoms. The van der Waals surface area contributed by atoms with Crippen LogP contribution in [0, 0.1) is 18.3 Å². The quantitative estimate of drug-likeness (QED) is 0.452. The molecule has 4 rings (SSSR count). The largest absolute Gasteiger partial charge is 0.492 e. The first-order valence-electron chi connectivity index (χ1n) is 10.0. The highest BCUT2D eigenvalue weighted by atomic mass is 16.5. The topological polar surface area (TPSA) is 89.5 Å². The lowest BCUT2D eigenvalue weighted by atomic mass is 9.82. The first-order valence-corrected chi connectivity index (χ1v) is 10.0. The average Bonchev–Trinajstić information content (AvgIpc) is 3.09. The van der Waals surface area contributed by atoms with Crippen molar-refractivity contribution in [1.29, 1.82) is 5.26 Å². The van der Waals surface area contributed by atoms with E-state index >= 15 is 0 Å². The fraction of sp³-hybridized carbons (Fsp3) is 0.292. The molecule has 0 saturated carbocycles. The Balaban J connectivity index is 2.16. The van der Waals surface area contributed by atoms with Crippen molar-refractivity contribution < 1.29 is 23.5 Å². The van der Waals surface area contributed by atoms with Crippen LogP contribution < -0.4 is 9.47 Å². The Kier molecular flexibility index (Phi) is 5.04. The van der Waals surface area contributed by atoms with Gasteiger partial charge in [-0.2, -0.15) is 5.26 Å². The minimum atomic E-state index is -0.322. The molecular weight excluding hydrogens is 382 g/mol. The Labute approximate surface area is 174 Å². The van der Waals surface area contributed by atoms with E-state index in [4.69, 9.17) is 13.9 Å². The lowest BCUT2D eigenvalue weighted by molar-refractivity contribution is 0.0972. The van der Waals surface area contributed by atoms with E-state index in [1.807, 2.05) is 13.8 Å². The second-order valence-corrected chi connectivity index (χ2v) is 7.16. The molecule has 1 aliphatic carbocycles. The van der Waals surface area contributed by atoms with E-state index in [2.05, 4.69) is 6.07 Å². The first-order chi connectivity index (χ1) is 14.5. The van der Waals surface area contributed by atoms with Gasteiger partial charge in [0.25, 0.3) is 0 Å². The number of hydrogen-bond donors (Lipinski definition) is 0. The van der Waals surface area contributed by atoms with Gasteiger partial charge in [-0.05, 0) is 19.8 Å². The van der Waals surface area contributed by atoms with Crippen molar-refractivity contribution in [2.24, 2.45) is 0 Å². The van der Waals surface area contributed by atoms with Gasteiger partial charge in [0, 0.05) is 11.1 Å². The van der Waals surface area contributed by atoms with E-state index in [0.717, 1.165) is 0 Å². The van der Waals surface area contributed by atoms with E-state index in [9.17, 15) is 14.9 Å². The number of carbonyl (C=O) groups is 2. The van der Waals surface area contributed by atoms with Crippen molar-refractivity contribution in [3.63, 3.8) is 0 Å². The van der Waals surface area contributed by atoms with Crippen molar-refractivity contribution in [1.82, 2.24) is 0 Å². The SMILES string of the molecule is CCCOc1c2c(c(OCCC)c3c(C#N)c(C)oc13)C(=O)c1ccccc1C2=O. The molecule has 6 nitrogen and oxygen atoms in total. The van der Waals surface area contributed by atoms with Crippen LogP contribution in [-0.2, 0) is 0 Å². The number of furan rings is 1. The maximum Gasteiger partial charge on any atom is 0.198 e. The molecule has 2 aromatic carbocycles. The molecule has 0 bridgehead atoms. The summed E-state index contributed by atoms with van der Waals surface area (Å²) in [6.07, 6.45) is 1.40. The first kappa shape index (κ1) is 19.7. The molecule has 0 saturated heterocycles. The zero-order chi connectivity index (χ0) is 21.4. The molecule has 0 unspecified atom stereocenters. The van der Waals surface area contributed by atoms with Crippen molar-refractivity contribution in [3.8, 4) is 17.6 Å². The predicted octanol–water partition coefficient (Wildman–Crippen LogP) is 4.97. The van der Waals surface area contributed by atoms with Crippen molar-refractivity contribution in [2.45, 2.75) is 33.6 Å². The number of ketones is 2. The van der Waals surface area contributed by atoms with Gasteiger partial charge >= 0.3 is 0 Å². The third kappa shape index (κ3) is 2.78. The van der Waals surface area contributed by atoms with Crippen LogP contribution in [-0.4, -0.2) is 24.8 Å². The Morgan fingerprint density at radius 3 is 2.00 bits per heavy atom. The molecular formula is C24H21NO5. The van der Waals surface area contributed by atoms with Crippen LogP contribution in [0.1, 0.15) is 69.9 Å². The molecule has 0 amide bonds. The van der Waals surface area contributed by atoms with Gasteiger partial charge < -0.3 is 13.9 Å². The molecule has 0 atom stereocenters. The van der Waals surface area contributed by atoms with Crippen LogP contribution in [0.5, 0.6) is 11.5 Å². The molecule has 1 aromatic heterocycles. The van der Waals surface area contributed by atoms with E-state index in [1.165, 1.54) is 0 Å². The molecule has 30 heavy (non-hydrogen) atoms. The highest BCUT2D eigenvalue weighted by Gasteiger charge is 2.39. The molecule has 152 valence electrons. The molecule has 0 N–H and O–H groups in total. The fourth-order valence-electron chi connectivity index (χ4n) is 3.79. The summed E-state index contributed by atoms with van der Waals surface area (Å²) in [4.78, 5) is 27.0. The van der Waals surface area contributed by atoms with Crippen LogP contribution in [0.2, 0.25) is 0 Å². The van der Waals surface area contributed by atoms with Gasteiger partial charge in [-0.1, -0.05) is 38.1 Å². The van der Waals surface area contributed by atoms with E-state index in [0.29, 0.717) is 48.3 Å². The number of rotatable bonds is 6. The summed E-state index contributed by atoms with van der Waals surface area (Å²) in [5.41, 5.74) is 1.46. The third-order valence-electron chi connectivity index (χ3n) is 5.10. The van der Waals surface area contributed by atoms with Crippen LogP contribution in [0.4, 0.5) is 0 Å². The van der Waals surface area contributed by atoms with Crippen LogP contribution in [0.15, 0.2) is 28.7 Å².